The van der Waals surface area contributed by atoms with Crippen molar-refractivity contribution in [1.29, 1.82) is 0 Å². The van der Waals surface area contributed by atoms with Crippen molar-refractivity contribution in [1.82, 2.24) is 0 Å². The highest BCUT2D eigenvalue weighted by atomic mass is 79.9. The average molecular weight is 349 g/mol. The molecule has 0 fully saturated rings. The minimum Gasteiger partial charge on any atom is -0.380 e. The van der Waals surface area contributed by atoms with Crippen LogP contribution in [-0.4, -0.2) is 0 Å². The van der Waals surface area contributed by atoms with E-state index in [1.165, 1.54) is 18.2 Å². The van der Waals surface area contributed by atoms with Gasteiger partial charge >= 0.3 is 0 Å². The zero-order valence-electron chi connectivity index (χ0n) is 9.18. The summed E-state index contributed by atoms with van der Waals surface area (Å²) < 4.78 is 14.0. The van der Waals surface area contributed by atoms with Crippen molar-refractivity contribution in [3.05, 3.63) is 62.3 Å². The molecule has 2 rings (SSSR count). The van der Waals surface area contributed by atoms with Crippen LogP contribution in [0.1, 0.15) is 5.56 Å². The second-order valence-electron chi connectivity index (χ2n) is 3.71. The zero-order valence-corrected chi connectivity index (χ0v) is 12.3. The molecule has 0 saturated heterocycles. The number of benzene rings is 2. The van der Waals surface area contributed by atoms with Crippen molar-refractivity contribution < 1.29 is 4.39 Å². The highest BCUT2D eigenvalue weighted by molar-refractivity contribution is 9.10. The smallest absolute Gasteiger partial charge is 0.125 e. The third-order valence-corrected chi connectivity index (χ3v) is 3.74. The van der Waals surface area contributed by atoms with E-state index in [2.05, 4.69) is 21.2 Å². The fourth-order valence-electron chi connectivity index (χ4n) is 1.50. The van der Waals surface area contributed by atoms with Crippen LogP contribution in [0.3, 0.4) is 0 Å². The molecule has 0 amide bonds. The molecule has 1 N–H and O–H groups in total. The molecule has 94 valence electrons. The van der Waals surface area contributed by atoms with Gasteiger partial charge in [-0.2, -0.15) is 0 Å². The maximum atomic E-state index is 13.1. The maximum Gasteiger partial charge on any atom is 0.125 e. The summed E-state index contributed by atoms with van der Waals surface area (Å²) in [5.74, 6) is -0.327. The first-order valence-corrected chi connectivity index (χ1v) is 6.74. The molecule has 1 nitrogen and oxygen atoms in total. The number of anilines is 1. The average Bonchev–Trinajstić information content (AvgIpc) is 2.34. The van der Waals surface area contributed by atoms with Gasteiger partial charge in [0.15, 0.2) is 0 Å². The van der Waals surface area contributed by atoms with Gasteiger partial charge in [-0.05, 0) is 42.0 Å². The molecule has 0 aliphatic rings. The molecule has 0 atom stereocenters. The predicted octanol–water partition coefficient (Wildman–Crippen LogP) is 5.51. The van der Waals surface area contributed by atoms with E-state index in [1.807, 2.05) is 12.1 Å². The molecule has 0 unspecified atom stereocenters. The normalized spacial score (nSPS) is 10.4. The molecule has 0 radical (unpaired) electrons. The van der Waals surface area contributed by atoms with Crippen LogP contribution in [-0.2, 0) is 6.54 Å². The second-order valence-corrected chi connectivity index (χ2v) is 5.41. The number of halogens is 4. The highest BCUT2D eigenvalue weighted by Crippen LogP contribution is 2.25. The molecule has 2 aromatic rings. The van der Waals surface area contributed by atoms with Crippen molar-refractivity contribution in [3.8, 4) is 0 Å². The van der Waals surface area contributed by atoms with E-state index in [0.29, 0.717) is 22.3 Å². The second kappa shape index (κ2) is 5.91. The summed E-state index contributed by atoms with van der Waals surface area (Å²) in [7, 11) is 0. The van der Waals surface area contributed by atoms with Crippen molar-refractivity contribution in [2.24, 2.45) is 0 Å². The first kappa shape index (κ1) is 13.7. The first-order chi connectivity index (χ1) is 8.56. The monoisotopic (exact) mass is 347 g/mol. The molecule has 0 saturated carbocycles. The van der Waals surface area contributed by atoms with Crippen LogP contribution in [0.4, 0.5) is 10.1 Å². The van der Waals surface area contributed by atoms with Crippen LogP contribution < -0.4 is 5.32 Å². The lowest BCUT2D eigenvalue weighted by Crippen LogP contribution is -2.01. The molecule has 0 aromatic heterocycles. The Morgan fingerprint density at radius 3 is 2.67 bits per heavy atom. The van der Waals surface area contributed by atoms with Crippen LogP contribution in [0.15, 0.2) is 40.9 Å². The number of rotatable bonds is 3. The van der Waals surface area contributed by atoms with E-state index in [9.17, 15) is 4.39 Å². The van der Waals surface area contributed by atoms with Gasteiger partial charge < -0.3 is 5.32 Å². The van der Waals surface area contributed by atoms with E-state index in [4.69, 9.17) is 23.2 Å². The van der Waals surface area contributed by atoms with E-state index in [0.717, 1.165) is 10.0 Å². The third-order valence-electron chi connectivity index (χ3n) is 2.41. The van der Waals surface area contributed by atoms with Crippen LogP contribution >= 0.6 is 39.1 Å². The SMILES string of the molecule is Fc1ccc(Cl)c(NCc2cc(Cl)ccc2Br)c1. The lowest BCUT2D eigenvalue weighted by Gasteiger charge is -2.10. The molecular weight excluding hydrogens is 340 g/mol. The van der Waals surface area contributed by atoms with E-state index in [1.54, 1.807) is 6.07 Å². The molecule has 0 bridgehead atoms. The van der Waals surface area contributed by atoms with Gasteiger partial charge in [-0.15, -0.1) is 0 Å². The number of nitrogens with one attached hydrogen (secondary N) is 1. The summed E-state index contributed by atoms with van der Waals surface area (Å²) in [6.45, 7) is 0.504. The van der Waals surface area contributed by atoms with Crippen molar-refractivity contribution in [3.63, 3.8) is 0 Å². The summed E-state index contributed by atoms with van der Waals surface area (Å²) in [5, 5.41) is 4.21. The van der Waals surface area contributed by atoms with Crippen LogP contribution in [0, 0.1) is 5.82 Å². The molecule has 18 heavy (non-hydrogen) atoms. The van der Waals surface area contributed by atoms with Gasteiger partial charge in [0.25, 0.3) is 0 Å². The van der Waals surface area contributed by atoms with Crippen molar-refractivity contribution in [2.75, 3.05) is 5.32 Å². The van der Waals surface area contributed by atoms with E-state index < -0.39 is 0 Å². The Kier molecular flexibility index (Phi) is 4.49. The first-order valence-electron chi connectivity index (χ1n) is 5.19. The summed E-state index contributed by atoms with van der Waals surface area (Å²) in [5.41, 5.74) is 1.53. The van der Waals surface area contributed by atoms with Crippen LogP contribution in [0.5, 0.6) is 0 Å². The Hall–Kier alpha value is -0.770. The number of hydrogen-bond acceptors (Lipinski definition) is 1. The van der Waals surface area contributed by atoms with E-state index in [-0.39, 0.29) is 5.82 Å². The summed E-state index contributed by atoms with van der Waals surface area (Å²) >= 11 is 15.3. The molecule has 0 aliphatic heterocycles. The molecular formula is C13H9BrCl2FN. The van der Waals surface area contributed by atoms with Crippen LogP contribution in [0.2, 0.25) is 10.0 Å². The third kappa shape index (κ3) is 3.37. The Bertz CT molecular complexity index is 523. The zero-order chi connectivity index (χ0) is 13.1. The highest BCUT2D eigenvalue weighted by Gasteiger charge is 2.04. The minimum atomic E-state index is -0.327. The summed E-state index contributed by atoms with van der Waals surface area (Å²) in [6, 6.07) is 9.71. The van der Waals surface area contributed by atoms with Crippen molar-refractivity contribution in [2.45, 2.75) is 6.54 Å². The van der Waals surface area contributed by atoms with Gasteiger partial charge in [0, 0.05) is 16.0 Å². The van der Waals surface area contributed by atoms with Gasteiger partial charge in [-0.1, -0.05) is 39.1 Å². The molecule has 5 heteroatoms. The van der Waals surface area contributed by atoms with Crippen LogP contribution in [0.25, 0.3) is 0 Å². The quantitative estimate of drug-likeness (QED) is 0.771. The fraction of sp³-hybridized carbons (Fsp3) is 0.0769. The topological polar surface area (TPSA) is 12.0 Å². The van der Waals surface area contributed by atoms with Gasteiger partial charge in [-0.3, -0.25) is 0 Å². The summed E-state index contributed by atoms with van der Waals surface area (Å²) in [6.07, 6.45) is 0. The van der Waals surface area contributed by atoms with Crippen molar-refractivity contribution >= 4 is 44.8 Å². The van der Waals surface area contributed by atoms with E-state index >= 15 is 0 Å². The lowest BCUT2D eigenvalue weighted by molar-refractivity contribution is 0.628. The molecule has 2 aromatic carbocycles. The predicted molar refractivity (Wildman–Crippen MR) is 77.9 cm³/mol. The van der Waals surface area contributed by atoms with Gasteiger partial charge in [0.05, 0.1) is 10.7 Å². The van der Waals surface area contributed by atoms with Gasteiger partial charge in [0.2, 0.25) is 0 Å². The summed E-state index contributed by atoms with van der Waals surface area (Å²) in [4.78, 5) is 0. The molecule has 0 heterocycles. The lowest BCUT2D eigenvalue weighted by atomic mass is 10.2. The minimum absolute atomic E-state index is 0.327. The Morgan fingerprint density at radius 2 is 1.89 bits per heavy atom. The fourth-order valence-corrected chi connectivity index (χ4v) is 2.27. The molecule has 0 spiro atoms. The Labute approximate surface area is 123 Å². The molecule has 0 aliphatic carbocycles. The maximum absolute atomic E-state index is 13.1. The Morgan fingerprint density at radius 1 is 1.11 bits per heavy atom. The number of hydrogen-bond donors (Lipinski definition) is 1. The standard InChI is InChI=1S/C13H9BrCl2FN/c14-11-3-1-9(15)5-8(11)7-18-13-6-10(17)2-4-12(13)16/h1-6,18H,7H2. The van der Waals surface area contributed by atoms with Gasteiger partial charge in [0.1, 0.15) is 5.82 Å². The largest absolute Gasteiger partial charge is 0.380 e. The van der Waals surface area contributed by atoms with Gasteiger partial charge in [-0.25, -0.2) is 4.39 Å². The Balaban J connectivity index is 2.16.